The van der Waals surface area contributed by atoms with Crippen LogP contribution in [0.3, 0.4) is 0 Å². The summed E-state index contributed by atoms with van der Waals surface area (Å²) in [6, 6.07) is 45.1. The van der Waals surface area contributed by atoms with Gasteiger partial charge < -0.3 is 0 Å². The van der Waals surface area contributed by atoms with E-state index in [1.165, 1.54) is 39.2 Å². The number of hydrogen-bond acceptors (Lipinski definition) is 0. The van der Waals surface area contributed by atoms with Gasteiger partial charge in [0.05, 0.1) is 0 Å². The number of hydrogen-bond donors (Lipinski definition) is 0. The van der Waals surface area contributed by atoms with Crippen molar-refractivity contribution in [1.29, 1.82) is 0 Å². The van der Waals surface area contributed by atoms with E-state index in [0.29, 0.717) is 0 Å². The maximum atomic E-state index is 3.64. The van der Waals surface area contributed by atoms with E-state index in [4.69, 9.17) is 0 Å². The molecule has 1 nitrogen and oxygen atoms in total. The summed E-state index contributed by atoms with van der Waals surface area (Å²) in [5.41, 5.74) is 8.49. The molecule has 32 heavy (non-hydrogen) atoms. The lowest BCUT2D eigenvalue weighted by Gasteiger charge is -2.13. The van der Waals surface area contributed by atoms with E-state index >= 15 is 0 Å². The zero-order valence-corrected chi connectivity index (χ0v) is 19.2. The van der Waals surface area contributed by atoms with E-state index in [1.807, 2.05) is 0 Å². The molecule has 0 radical (unpaired) electrons. The first-order valence-electron chi connectivity index (χ1n) is 10.8. The van der Waals surface area contributed by atoms with Crippen LogP contribution < -0.4 is 4.57 Å². The zero-order chi connectivity index (χ0) is 21.8. The second-order valence-electron chi connectivity index (χ2n) is 7.83. The lowest BCUT2D eigenvalue weighted by atomic mass is 9.98. The largest absolute Gasteiger partial charge is 0.213 e. The van der Waals surface area contributed by atoms with Crippen LogP contribution in [0.5, 0.6) is 0 Å². The average molecular weight is 477 g/mol. The van der Waals surface area contributed by atoms with Crippen molar-refractivity contribution in [2.24, 2.45) is 0 Å². The van der Waals surface area contributed by atoms with E-state index in [1.54, 1.807) is 0 Å². The van der Waals surface area contributed by atoms with Gasteiger partial charge in [0.15, 0.2) is 6.54 Å². The van der Waals surface area contributed by atoms with E-state index in [9.17, 15) is 0 Å². The minimum atomic E-state index is 0.800. The molecule has 0 fully saturated rings. The molecule has 1 aromatic heterocycles. The quantitative estimate of drug-likeness (QED) is 0.228. The van der Waals surface area contributed by atoms with Crippen molar-refractivity contribution in [2.45, 2.75) is 6.54 Å². The third-order valence-electron chi connectivity index (χ3n) is 5.65. The van der Waals surface area contributed by atoms with Crippen LogP contribution in [0.2, 0.25) is 0 Å². The van der Waals surface area contributed by atoms with Crippen molar-refractivity contribution in [3.8, 4) is 33.6 Å². The van der Waals surface area contributed by atoms with E-state index in [0.717, 1.165) is 11.0 Å². The van der Waals surface area contributed by atoms with Gasteiger partial charge in [-0.25, -0.2) is 0 Å². The molecule has 154 valence electrons. The molecule has 0 aliphatic heterocycles. The van der Waals surface area contributed by atoms with Crippen LogP contribution in [0.25, 0.3) is 33.6 Å². The van der Waals surface area contributed by atoms with Crippen molar-refractivity contribution >= 4 is 15.9 Å². The highest BCUT2D eigenvalue weighted by Crippen LogP contribution is 2.30. The third kappa shape index (κ3) is 4.42. The van der Waals surface area contributed by atoms with Crippen LogP contribution in [0, 0.1) is 0 Å². The highest BCUT2D eigenvalue weighted by Gasteiger charge is 2.23. The highest BCUT2D eigenvalue weighted by atomic mass is 79.9. The fraction of sp³-hybridized carbons (Fsp3) is 0.0333. The molecule has 2 heteroatoms. The third-order valence-corrected chi connectivity index (χ3v) is 6.14. The molecule has 5 aromatic rings. The monoisotopic (exact) mass is 476 g/mol. The molecule has 0 aliphatic carbocycles. The molecule has 0 atom stereocenters. The number of rotatable bonds is 5. The van der Waals surface area contributed by atoms with Gasteiger partial charge in [0, 0.05) is 33.3 Å². The number of halogens is 1. The van der Waals surface area contributed by atoms with Gasteiger partial charge in [0.2, 0.25) is 11.4 Å². The normalized spacial score (nSPS) is 10.8. The fourth-order valence-electron chi connectivity index (χ4n) is 4.09. The fourth-order valence-corrected chi connectivity index (χ4v) is 4.49. The second-order valence-corrected chi connectivity index (χ2v) is 8.74. The molecular weight excluding hydrogens is 454 g/mol. The van der Waals surface area contributed by atoms with Gasteiger partial charge in [-0.2, -0.15) is 4.57 Å². The van der Waals surface area contributed by atoms with Crippen molar-refractivity contribution in [2.75, 3.05) is 0 Å². The van der Waals surface area contributed by atoms with Crippen LogP contribution in [-0.4, -0.2) is 0 Å². The molecule has 0 bridgehead atoms. The first-order chi connectivity index (χ1) is 15.8. The summed E-state index contributed by atoms with van der Waals surface area (Å²) in [6.07, 6.45) is 0. The summed E-state index contributed by atoms with van der Waals surface area (Å²) in [5, 5.41) is 0. The molecule has 4 aromatic carbocycles. The van der Waals surface area contributed by atoms with Gasteiger partial charge in [0.1, 0.15) is 0 Å². The Kier molecular flexibility index (Phi) is 5.96. The van der Waals surface area contributed by atoms with Crippen LogP contribution >= 0.6 is 15.9 Å². The second kappa shape index (κ2) is 9.33. The number of aromatic nitrogens is 1. The first-order valence-corrected chi connectivity index (χ1v) is 11.6. The molecule has 0 saturated heterocycles. The van der Waals surface area contributed by atoms with Crippen molar-refractivity contribution in [3.05, 3.63) is 137 Å². The molecule has 0 saturated carbocycles. The van der Waals surface area contributed by atoms with Crippen LogP contribution in [-0.2, 0) is 6.54 Å². The van der Waals surface area contributed by atoms with Crippen LogP contribution in [0.15, 0.2) is 132 Å². The SMILES string of the molecule is Brc1cccc(-c2cc(-c3ccccc3)[n+](Cc3ccccc3)c(-c3ccccc3)c2)c1. The summed E-state index contributed by atoms with van der Waals surface area (Å²) >= 11 is 3.64. The van der Waals surface area contributed by atoms with Gasteiger partial charge in [-0.15, -0.1) is 0 Å². The molecular formula is C30H23BrN+. The predicted molar refractivity (Wildman–Crippen MR) is 136 cm³/mol. The topological polar surface area (TPSA) is 3.88 Å². The maximum absolute atomic E-state index is 3.64. The van der Waals surface area contributed by atoms with E-state index in [-0.39, 0.29) is 0 Å². The van der Waals surface area contributed by atoms with Crippen LogP contribution in [0.4, 0.5) is 0 Å². The Morgan fingerprint density at radius 2 is 0.969 bits per heavy atom. The Morgan fingerprint density at radius 1 is 0.469 bits per heavy atom. The minimum Gasteiger partial charge on any atom is -0.187 e. The molecule has 1 heterocycles. The zero-order valence-electron chi connectivity index (χ0n) is 17.7. The Morgan fingerprint density at radius 3 is 1.50 bits per heavy atom. The predicted octanol–water partition coefficient (Wildman–Crippen LogP) is 7.79. The Labute approximate surface area is 197 Å². The highest BCUT2D eigenvalue weighted by molar-refractivity contribution is 9.10. The van der Waals surface area contributed by atoms with Gasteiger partial charge in [0.25, 0.3) is 0 Å². The smallest absolute Gasteiger partial charge is 0.187 e. The van der Waals surface area contributed by atoms with Crippen molar-refractivity contribution in [3.63, 3.8) is 0 Å². The number of pyridine rings is 1. The Balaban J connectivity index is 1.80. The average Bonchev–Trinajstić information content (AvgIpc) is 2.86. The summed E-state index contributed by atoms with van der Waals surface area (Å²) < 4.78 is 3.51. The molecule has 0 aliphatic rings. The maximum Gasteiger partial charge on any atom is 0.213 e. The Hall–Kier alpha value is -3.49. The van der Waals surface area contributed by atoms with Gasteiger partial charge in [-0.05, 0) is 47.5 Å². The van der Waals surface area contributed by atoms with E-state index in [2.05, 4.69) is 148 Å². The number of nitrogens with zero attached hydrogens (tertiary/aromatic N) is 1. The van der Waals surface area contributed by atoms with Crippen LogP contribution in [0.1, 0.15) is 5.56 Å². The van der Waals surface area contributed by atoms with Crippen molar-refractivity contribution < 1.29 is 4.57 Å². The van der Waals surface area contributed by atoms with Gasteiger partial charge >= 0.3 is 0 Å². The lowest BCUT2D eigenvalue weighted by molar-refractivity contribution is -0.666. The number of benzene rings is 4. The molecule has 0 N–H and O–H groups in total. The summed E-state index contributed by atoms with van der Waals surface area (Å²) in [5.74, 6) is 0. The summed E-state index contributed by atoms with van der Waals surface area (Å²) in [6.45, 7) is 0.800. The summed E-state index contributed by atoms with van der Waals surface area (Å²) in [4.78, 5) is 0. The Bertz CT molecular complexity index is 1270. The lowest BCUT2D eigenvalue weighted by Crippen LogP contribution is -2.39. The van der Waals surface area contributed by atoms with E-state index < -0.39 is 0 Å². The standard InChI is InChI=1S/C30H23BrN/c31-28-18-10-17-26(19-28)27-20-29(24-13-6-2-7-14-24)32(22-23-11-4-1-5-12-23)30(21-27)25-15-8-3-9-16-25/h1-21H,22H2/q+1. The van der Waals surface area contributed by atoms with Gasteiger partial charge in [-0.3, -0.25) is 0 Å². The first kappa shape index (κ1) is 20.4. The minimum absolute atomic E-state index is 0.800. The molecule has 0 unspecified atom stereocenters. The van der Waals surface area contributed by atoms with Crippen molar-refractivity contribution in [1.82, 2.24) is 0 Å². The molecule has 0 amide bonds. The molecule has 0 spiro atoms. The molecule has 5 rings (SSSR count). The van der Waals surface area contributed by atoms with Gasteiger partial charge in [-0.1, -0.05) is 94.8 Å². The summed E-state index contributed by atoms with van der Waals surface area (Å²) in [7, 11) is 0.